The number of rotatable bonds is 21. The van der Waals surface area contributed by atoms with Crippen molar-refractivity contribution >= 4 is 45.8 Å². The van der Waals surface area contributed by atoms with E-state index in [9.17, 15) is 32.7 Å². The number of Topliss-reactive ketones (excluding diaryl/α,β-unsaturated/α-hetero) is 1. The molecule has 15 nitrogen and oxygen atoms in total. The molecule has 5 atom stereocenters. The topological polar surface area (TPSA) is 222 Å². The predicted molar refractivity (Wildman–Crippen MR) is 230 cm³/mol. The number of sulfonamides is 1. The summed E-state index contributed by atoms with van der Waals surface area (Å²) in [4.78, 5) is 64.7. The molecule has 1 aromatic rings. The molecule has 0 aromatic heterocycles. The third-order valence-corrected chi connectivity index (χ3v) is 12.9. The van der Waals surface area contributed by atoms with Crippen LogP contribution in [0.25, 0.3) is 0 Å². The standard InChI is InChI=1S/C43H69N7O8S/c1-6-23-59(56,57)46-28-30(2)24-36(51)35(25-31-13-9-7-10-14-31)48-40(54)34(44)27-43(29-45-38(49-43)26-32-15-11-8-12-16-32)37(52)17-18-39(53)50-21-19-33(20-22-50)47-41(55)58-42(3,4)5/h8,11-12,15-16,29-31,33-36,46,51H,6-7,9-10,13-14,17-28,44H2,1-5H3,(H,47,55)(H,48,54)/t30-,34?,35+,36+,43?/m1/s1. The van der Waals surface area contributed by atoms with Crippen molar-refractivity contribution in [2.24, 2.45) is 27.6 Å². The van der Waals surface area contributed by atoms with Crippen LogP contribution in [0.5, 0.6) is 0 Å². The second-order valence-corrected chi connectivity index (χ2v) is 19.8. The van der Waals surface area contributed by atoms with Gasteiger partial charge in [0.05, 0.1) is 23.9 Å². The highest BCUT2D eigenvalue weighted by Crippen LogP contribution is 2.30. The number of hydrogen-bond donors (Lipinski definition) is 5. The van der Waals surface area contributed by atoms with Crippen LogP contribution in [0.15, 0.2) is 40.3 Å². The lowest BCUT2D eigenvalue weighted by molar-refractivity contribution is -0.135. The van der Waals surface area contributed by atoms with Crippen LogP contribution in [0.4, 0.5) is 4.79 Å². The van der Waals surface area contributed by atoms with Gasteiger partial charge in [0, 0.05) is 57.6 Å². The number of amidine groups is 1. The monoisotopic (exact) mass is 843 g/mol. The molecule has 2 heterocycles. The molecule has 0 spiro atoms. The van der Waals surface area contributed by atoms with Crippen molar-refractivity contribution in [1.29, 1.82) is 0 Å². The van der Waals surface area contributed by atoms with E-state index >= 15 is 0 Å². The fraction of sp³-hybridized carbons (Fsp3) is 0.721. The molecule has 3 amide bonds. The van der Waals surface area contributed by atoms with E-state index in [2.05, 4.69) is 20.3 Å². The molecule has 6 N–H and O–H groups in total. The van der Waals surface area contributed by atoms with Crippen LogP contribution in [0, 0.1) is 11.8 Å². The Morgan fingerprint density at radius 1 is 1.03 bits per heavy atom. The summed E-state index contributed by atoms with van der Waals surface area (Å²) in [5.74, 6) is -0.555. The van der Waals surface area contributed by atoms with Gasteiger partial charge in [0.15, 0.2) is 11.3 Å². The minimum atomic E-state index is -3.41. The number of ketones is 1. The number of likely N-dealkylation sites (tertiary alicyclic amines) is 1. The summed E-state index contributed by atoms with van der Waals surface area (Å²) in [5, 5.41) is 17.4. The van der Waals surface area contributed by atoms with Gasteiger partial charge in [-0.15, -0.1) is 0 Å². The number of aliphatic hydroxyl groups excluding tert-OH is 1. The Labute approximate surface area is 351 Å². The van der Waals surface area contributed by atoms with Gasteiger partial charge in [0.25, 0.3) is 0 Å². The summed E-state index contributed by atoms with van der Waals surface area (Å²) in [6.07, 6.45) is 7.69. The number of hydrogen-bond acceptors (Lipinski definition) is 11. The van der Waals surface area contributed by atoms with Gasteiger partial charge in [0.1, 0.15) is 11.4 Å². The summed E-state index contributed by atoms with van der Waals surface area (Å²) in [6.45, 7) is 10.1. The second kappa shape index (κ2) is 22.2. The normalized spacial score (nSPS) is 21.3. The maximum Gasteiger partial charge on any atom is 0.407 e. The van der Waals surface area contributed by atoms with Gasteiger partial charge in [-0.05, 0) is 70.3 Å². The molecule has 1 aromatic carbocycles. The molecule has 1 saturated carbocycles. The fourth-order valence-electron chi connectivity index (χ4n) is 8.10. The van der Waals surface area contributed by atoms with E-state index in [1.54, 1.807) is 32.6 Å². The third-order valence-electron chi connectivity index (χ3n) is 11.3. The lowest BCUT2D eigenvalue weighted by Crippen LogP contribution is -2.54. The smallest absolute Gasteiger partial charge is 0.407 e. The number of aliphatic hydroxyl groups is 1. The van der Waals surface area contributed by atoms with E-state index < -0.39 is 51.4 Å². The number of benzene rings is 1. The Kier molecular flexibility index (Phi) is 18.0. The number of nitrogens with zero attached hydrogens (tertiary/aromatic N) is 3. The molecule has 0 radical (unpaired) electrons. The molecule has 1 saturated heterocycles. The zero-order valence-electron chi connectivity index (χ0n) is 35.8. The zero-order valence-corrected chi connectivity index (χ0v) is 36.6. The number of alkyl carbamates (subject to hydrolysis) is 1. The second-order valence-electron chi connectivity index (χ2n) is 17.8. The van der Waals surface area contributed by atoms with Crippen molar-refractivity contribution in [3.05, 3.63) is 35.9 Å². The van der Waals surface area contributed by atoms with Crippen LogP contribution >= 0.6 is 0 Å². The van der Waals surface area contributed by atoms with Crippen LogP contribution in [-0.2, 0) is 35.6 Å². The molecule has 330 valence electrons. The van der Waals surface area contributed by atoms with Crippen molar-refractivity contribution in [3.8, 4) is 0 Å². The number of aliphatic imine (C=N–C) groups is 2. The lowest BCUT2D eigenvalue weighted by Gasteiger charge is -2.33. The number of nitrogens with two attached hydrogens (primary N) is 1. The van der Waals surface area contributed by atoms with Crippen molar-refractivity contribution in [3.63, 3.8) is 0 Å². The van der Waals surface area contributed by atoms with Gasteiger partial charge in [-0.3, -0.25) is 14.4 Å². The largest absolute Gasteiger partial charge is 0.444 e. The van der Waals surface area contributed by atoms with Crippen LogP contribution in [0.1, 0.15) is 124 Å². The summed E-state index contributed by atoms with van der Waals surface area (Å²) < 4.78 is 32.5. The molecule has 16 heteroatoms. The van der Waals surface area contributed by atoms with E-state index in [0.717, 1.165) is 37.7 Å². The number of piperidine rings is 1. The van der Waals surface area contributed by atoms with Gasteiger partial charge in [0.2, 0.25) is 21.8 Å². The van der Waals surface area contributed by atoms with E-state index in [0.29, 0.717) is 56.9 Å². The van der Waals surface area contributed by atoms with Crippen LogP contribution in [-0.4, -0.2) is 115 Å². The van der Waals surface area contributed by atoms with E-state index in [-0.39, 0.29) is 61.6 Å². The number of amides is 3. The molecule has 0 bridgehead atoms. The quantitative estimate of drug-likeness (QED) is 0.120. The first kappa shape index (κ1) is 47.9. The van der Waals surface area contributed by atoms with Gasteiger partial charge in [-0.1, -0.05) is 76.3 Å². The van der Waals surface area contributed by atoms with E-state index in [1.165, 1.54) is 6.21 Å². The molecule has 1 aliphatic carbocycles. The first-order chi connectivity index (χ1) is 27.9. The lowest BCUT2D eigenvalue weighted by atomic mass is 9.82. The van der Waals surface area contributed by atoms with Crippen LogP contribution in [0.3, 0.4) is 0 Å². The number of nitrogens with one attached hydrogen (secondary N) is 3. The Bertz CT molecular complexity index is 1720. The summed E-state index contributed by atoms with van der Waals surface area (Å²) in [7, 11) is -3.41. The molecule has 2 unspecified atom stereocenters. The van der Waals surface area contributed by atoms with E-state index in [4.69, 9.17) is 15.5 Å². The highest BCUT2D eigenvalue weighted by Gasteiger charge is 2.43. The Hall–Kier alpha value is -3.73. The predicted octanol–water partition coefficient (Wildman–Crippen LogP) is 4.20. The molecule has 3 aliphatic rings. The first-order valence-electron chi connectivity index (χ1n) is 21.6. The molecular weight excluding hydrogens is 775 g/mol. The molecular formula is C43H69N7O8S. The molecule has 4 rings (SSSR count). The fourth-order valence-corrected chi connectivity index (χ4v) is 9.32. The maximum absolute atomic E-state index is 14.2. The van der Waals surface area contributed by atoms with Crippen LogP contribution in [0.2, 0.25) is 0 Å². The highest BCUT2D eigenvalue weighted by molar-refractivity contribution is 7.89. The van der Waals surface area contributed by atoms with Crippen molar-refractivity contribution < 1.29 is 37.4 Å². The third kappa shape index (κ3) is 16.0. The summed E-state index contributed by atoms with van der Waals surface area (Å²) in [5.41, 5.74) is 5.38. The van der Waals surface area contributed by atoms with Gasteiger partial charge >= 0.3 is 6.09 Å². The van der Waals surface area contributed by atoms with Gasteiger partial charge in [-0.25, -0.2) is 27.9 Å². The Morgan fingerprint density at radius 3 is 2.36 bits per heavy atom. The average molecular weight is 844 g/mol. The van der Waals surface area contributed by atoms with Gasteiger partial charge < -0.3 is 31.1 Å². The minimum absolute atomic E-state index is 0.0266. The van der Waals surface area contributed by atoms with Crippen molar-refractivity contribution in [2.75, 3.05) is 25.4 Å². The number of carbonyl (C=O) groups excluding carboxylic acids is 4. The summed E-state index contributed by atoms with van der Waals surface area (Å²) in [6, 6.07) is 7.62. The first-order valence-corrected chi connectivity index (χ1v) is 23.2. The molecule has 2 aliphatic heterocycles. The van der Waals surface area contributed by atoms with Crippen molar-refractivity contribution in [2.45, 2.75) is 160 Å². The van der Waals surface area contributed by atoms with E-state index in [1.807, 2.05) is 37.3 Å². The zero-order chi connectivity index (χ0) is 43.2. The SMILES string of the molecule is CCCS(=O)(=O)NC[C@H](C)C[C@H](O)[C@H](CC1CCCCC1)NC(=O)C(N)CC1(C(=O)CCC(=O)N2CCC(NC(=O)OC(C)(C)C)CC2)C=NC(Cc2ccccc2)=N1. The highest BCUT2D eigenvalue weighted by atomic mass is 32.2. The summed E-state index contributed by atoms with van der Waals surface area (Å²) >= 11 is 0. The minimum Gasteiger partial charge on any atom is -0.444 e. The number of carbonyl (C=O) groups is 4. The Balaban J connectivity index is 1.43. The molecule has 2 fully saturated rings. The average Bonchev–Trinajstić information content (AvgIpc) is 3.58. The maximum atomic E-state index is 14.2. The van der Waals surface area contributed by atoms with Crippen molar-refractivity contribution in [1.82, 2.24) is 20.3 Å². The van der Waals surface area contributed by atoms with Crippen LogP contribution < -0.4 is 21.1 Å². The Morgan fingerprint density at radius 2 is 1.71 bits per heavy atom. The number of ether oxygens (including phenoxy) is 1. The molecule has 59 heavy (non-hydrogen) atoms. The van der Waals surface area contributed by atoms with Gasteiger partial charge in [-0.2, -0.15) is 0 Å².